The van der Waals surface area contributed by atoms with Gasteiger partial charge in [0.05, 0.1) is 18.6 Å². The molecule has 5 nitrogen and oxygen atoms in total. The minimum absolute atomic E-state index is 0. The summed E-state index contributed by atoms with van der Waals surface area (Å²) in [5.41, 5.74) is 1.31. The molecule has 0 saturated carbocycles. The van der Waals surface area contributed by atoms with Crippen molar-refractivity contribution in [1.82, 2.24) is 19.8 Å². The van der Waals surface area contributed by atoms with Crippen LogP contribution in [0.1, 0.15) is 25.3 Å². The minimum Gasteiger partial charge on any atom is -0.357 e. The highest BCUT2D eigenvalue weighted by Gasteiger charge is 2.07. The van der Waals surface area contributed by atoms with Crippen LogP contribution in [0.2, 0.25) is 0 Å². The van der Waals surface area contributed by atoms with Crippen molar-refractivity contribution in [3.8, 4) is 5.69 Å². The number of aromatic nitrogens is 2. The van der Waals surface area contributed by atoms with Crippen molar-refractivity contribution in [3.63, 3.8) is 0 Å². The van der Waals surface area contributed by atoms with Crippen LogP contribution in [0.15, 0.2) is 54.6 Å². The predicted octanol–water partition coefficient (Wildman–Crippen LogP) is 3.99. The molecular formula is C19H27FIN5. The van der Waals surface area contributed by atoms with Gasteiger partial charge < -0.3 is 14.8 Å². The molecule has 0 fully saturated rings. The zero-order chi connectivity index (χ0) is 18.1. The van der Waals surface area contributed by atoms with E-state index in [1.54, 1.807) is 29.4 Å². The van der Waals surface area contributed by atoms with Crippen LogP contribution in [-0.2, 0) is 6.54 Å². The second-order valence-electron chi connectivity index (χ2n) is 5.78. The average Bonchev–Trinajstić information content (AvgIpc) is 3.13. The molecule has 1 N–H and O–H groups in total. The number of nitrogens with zero attached hydrogens (tertiary/aromatic N) is 4. The molecule has 1 heterocycles. The van der Waals surface area contributed by atoms with Crippen molar-refractivity contribution in [2.45, 2.75) is 26.3 Å². The van der Waals surface area contributed by atoms with Gasteiger partial charge in [-0.1, -0.05) is 12.1 Å². The molecule has 7 heteroatoms. The molecule has 0 amide bonds. The zero-order valence-corrected chi connectivity index (χ0v) is 17.7. The second kappa shape index (κ2) is 11.7. The van der Waals surface area contributed by atoms with E-state index in [2.05, 4.69) is 26.8 Å². The molecule has 0 radical (unpaired) electrons. The van der Waals surface area contributed by atoms with Gasteiger partial charge in [-0.25, -0.2) is 14.4 Å². The Morgan fingerprint density at radius 1 is 1.46 bits per heavy atom. The maximum atomic E-state index is 14.3. The summed E-state index contributed by atoms with van der Waals surface area (Å²) in [5.74, 6) is 0.542. The third-order valence-electron chi connectivity index (χ3n) is 3.80. The number of nitrogens with one attached hydrogen (secondary N) is 1. The largest absolute Gasteiger partial charge is 0.357 e. The van der Waals surface area contributed by atoms with Crippen molar-refractivity contribution >= 4 is 29.9 Å². The van der Waals surface area contributed by atoms with Crippen molar-refractivity contribution in [3.05, 3.63) is 61.0 Å². The van der Waals surface area contributed by atoms with Gasteiger partial charge in [-0.3, -0.25) is 0 Å². The summed E-state index contributed by atoms with van der Waals surface area (Å²) in [6, 6.07) is 5.17. The number of guanidine groups is 1. The first-order chi connectivity index (χ1) is 12.2. The molecule has 1 aromatic heterocycles. The number of benzene rings is 1. The van der Waals surface area contributed by atoms with Gasteiger partial charge in [0.2, 0.25) is 0 Å². The molecule has 26 heavy (non-hydrogen) atoms. The number of halogens is 2. The number of hydrogen-bond acceptors (Lipinski definition) is 2. The van der Waals surface area contributed by atoms with Crippen LogP contribution in [0.4, 0.5) is 4.39 Å². The van der Waals surface area contributed by atoms with E-state index >= 15 is 0 Å². The fourth-order valence-corrected chi connectivity index (χ4v) is 2.47. The summed E-state index contributed by atoms with van der Waals surface area (Å²) in [5, 5.41) is 3.27. The number of unbranched alkanes of at least 4 members (excludes halogenated alkanes) is 1. The van der Waals surface area contributed by atoms with Gasteiger partial charge in [0, 0.05) is 32.5 Å². The standard InChI is InChI=1S/C19H26FN5.HI/c1-4-6-7-11-24(3)19(22-5-2)23-14-16-8-9-18(17(20)13-16)25-12-10-21-15-25;/h4,8-10,12-13,15H,1,5-7,11,14H2,2-3H3,(H,22,23);1H. The monoisotopic (exact) mass is 471 g/mol. The van der Waals surface area contributed by atoms with Gasteiger partial charge in [-0.15, -0.1) is 30.6 Å². The number of hydrogen-bond donors (Lipinski definition) is 1. The van der Waals surface area contributed by atoms with Crippen molar-refractivity contribution in [2.24, 2.45) is 4.99 Å². The molecule has 0 atom stereocenters. The SMILES string of the molecule is C=CCCCN(C)C(=NCc1ccc(-n2ccnc2)c(F)c1)NCC.I. The van der Waals surface area contributed by atoms with E-state index in [4.69, 9.17) is 0 Å². The van der Waals surface area contributed by atoms with E-state index in [9.17, 15) is 4.39 Å². The zero-order valence-electron chi connectivity index (χ0n) is 15.4. The first-order valence-corrected chi connectivity index (χ1v) is 8.52. The normalized spacial score (nSPS) is 11.0. The maximum absolute atomic E-state index is 14.3. The van der Waals surface area contributed by atoms with E-state index in [0.717, 1.165) is 37.5 Å². The summed E-state index contributed by atoms with van der Waals surface area (Å²) in [6.45, 7) is 7.89. The molecule has 0 aliphatic heterocycles. The highest BCUT2D eigenvalue weighted by molar-refractivity contribution is 14.0. The molecule has 2 rings (SSSR count). The molecule has 0 aliphatic carbocycles. The Morgan fingerprint density at radius 3 is 2.88 bits per heavy atom. The lowest BCUT2D eigenvalue weighted by atomic mass is 10.2. The number of aliphatic imine (C=N–C) groups is 1. The van der Waals surface area contributed by atoms with Crippen molar-refractivity contribution in [1.29, 1.82) is 0 Å². The van der Waals surface area contributed by atoms with E-state index in [1.807, 2.05) is 26.1 Å². The Hall–Kier alpha value is -1.90. The highest BCUT2D eigenvalue weighted by atomic mass is 127. The second-order valence-corrected chi connectivity index (χ2v) is 5.78. The Balaban J connectivity index is 0.00000338. The Bertz CT molecular complexity index is 700. The summed E-state index contributed by atoms with van der Waals surface area (Å²) < 4.78 is 16.0. The van der Waals surface area contributed by atoms with Crippen molar-refractivity contribution < 1.29 is 4.39 Å². The molecule has 1 aromatic carbocycles. The van der Waals surface area contributed by atoms with Crippen LogP contribution in [0.3, 0.4) is 0 Å². The van der Waals surface area contributed by atoms with Crippen LogP contribution in [0.5, 0.6) is 0 Å². The maximum Gasteiger partial charge on any atom is 0.193 e. The summed E-state index contributed by atoms with van der Waals surface area (Å²) >= 11 is 0. The van der Waals surface area contributed by atoms with Gasteiger partial charge in [-0.2, -0.15) is 0 Å². The number of rotatable bonds is 8. The predicted molar refractivity (Wildman–Crippen MR) is 116 cm³/mol. The van der Waals surface area contributed by atoms with Crippen molar-refractivity contribution in [2.75, 3.05) is 20.1 Å². The first-order valence-electron chi connectivity index (χ1n) is 8.52. The molecule has 0 unspecified atom stereocenters. The van der Waals surface area contributed by atoms with E-state index in [1.165, 1.54) is 6.07 Å². The Morgan fingerprint density at radius 2 is 2.27 bits per heavy atom. The lowest BCUT2D eigenvalue weighted by Gasteiger charge is -2.21. The first kappa shape index (κ1) is 22.1. The topological polar surface area (TPSA) is 45.5 Å². The number of allylic oxidation sites excluding steroid dienone is 1. The van der Waals surface area contributed by atoms with Crippen LogP contribution in [0, 0.1) is 5.82 Å². The fraction of sp³-hybridized carbons (Fsp3) is 0.368. The quantitative estimate of drug-likeness (QED) is 0.208. The molecule has 0 spiro atoms. The Kier molecular flexibility index (Phi) is 9.93. The summed E-state index contributed by atoms with van der Waals surface area (Å²) in [6.07, 6.45) is 8.85. The van der Waals surface area contributed by atoms with Gasteiger partial charge in [0.25, 0.3) is 0 Å². The van der Waals surface area contributed by atoms with Gasteiger partial charge in [0.1, 0.15) is 5.82 Å². The van der Waals surface area contributed by atoms with E-state index in [-0.39, 0.29) is 29.8 Å². The van der Waals surface area contributed by atoms with Crippen LogP contribution in [-0.4, -0.2) is 40.5 Å². The molecule has 0 bridgehead atoms. The van der Waals surface area contributed by atoms with Gasteiger partial charge in [-0.05, 0) is 37.5 Å². The average molecular weight is 471 g/mol. The smallest absolute Gasteiger partial charge is 0.193 e. The lowest BCUT2D eigenvalue weighted by Crippen LogP contribution is -2.39. The fourth-order valence-electron chi connectivity index (χ4n) is 2.47. The summed E-state index contributed by atoms with van der Waals surface area (Å²) in [4.78, 5) is 10.6. The van der Waals surface area contributed by atoms with Crippen LogP contribution < -0.4 is 5.32 Å². The molecular weight excluding hydrogens is 444 g/mol. The lowest BCUT2D eigenvalue weighted by molar-refractivity contribution is 0.470. The van der Waals surface area contributed by atoms with Gasteiger partial charge in [0.15, 0.2) is 5.96 Å². The molecule has 0 saturated heterocycles. The summed E-state index contributed by atoms with van der Waals surface area (Å²) in [7, 11) is 2.01. The van der Waals surface area contributed by atoms with E-state index < -0.39 is 0 Å². The van der Waals surface area contributed by atoms with Crippen LogP contribution >= 0.6 is 24.0 Å². The van der Waals surface area contributed by atoms with Crippen LogP contribution in [0.25, 0.3) is 5.69 Å². The highest BCUT2D eigenvalue weighted by Crippen LogP contribution is 2.15. The van der Waals surface area contributed by atoms with E-state index in [0.29, 0.717) is 12.2 Å². The third-order valence-corrected chi connectivity index (χ3v) is 3.80. The molecule has 142 valence electrons. The minimum atomic E-state index is -0.282. The number of imidazole rings is 1. The molecule has 2 aromatic rings. The Labute approximate surface area is 172 Å². The third kappa shape index (κ3) is 6.44. The molecule has 0 aliphatic rings. The van der Waals surface area contributed by atoms with Gasteiger partial charge >= 0.3 is 0 Å².